The molecule has 0 amide bonds. The van der Waals surface area contributed by atoms with Gasteiger partial charge in [-0.25, -0.2) is 14.3 Å². The molecule has 0 aromatic rings. The number of quaternary nitrogens is 1. The number of nitrogens with zero attached hydrogens (tertiary/aromatic N) is 2. The van der Waals surface area contributed by atoms with Crippen molar-refractivity contribution in [3.05, 3.63) is 24.6 Å². The molecular weight excluding hydrogens is 398 g/mol. The number of carboxylic acids is 1. The third-order valence-corrected chi connectivity index (χ3v) is 6.57. The van der Waals surface area contributed by atoms with Crippen molar-refractivity contribution >= 4 is 11.8 Å². The maximum absolute atomic E-state index is 11.3. The zero-order valence-electron chi connectivity index (χ0n) is 20.9. The second-order valence-corrected chi connectivity index (χ2v) is 9.46. The smallest absolute Gasteiger partial charge is 0.360 e. The van der Waals surface area contributed by atoms with E-state index in [0.717, 1.165) is 25.1 Å². The van der Waals surface area contributed by atoms with Crippen molar-refractivity contribution in [2.24, 2.45) is 10.7 Å². The van der Waals surface area contributed by atoms with Gasteiger partial charge in [-0.1, -0.05) is 96.1 Å². The zero-order chi connectivity index (χ0) is 23.5. The Hall–Kier alpha value is -1.46. The summed E-state index contributed by atoms with van der Waals surface area (Å²) in [5.74, 6) is 0.0199. The molecule has 0 radical (unpaired) electrons. The number of amidine groups is 1. The van der Waals surface area contributed by atoms with Crippen molar-refractivity contribution in [1.29, 1.82) is 0 Å². The molecule has 0 aliphatic carbocycles. The Bertz CT molecular complexity index is 583. The van der Waals surface area contributed by atoms with Gasteiger partial charge in [-0.15, -0.1) is 0 Å². The third-order valence-electron chi connectivity index (χ3n) is 6.57. The number of rotatable bonds is 21. The number of allylic oxidation sites excluding steroid dienone is 2. The molecule has 2 atom stereocenters. The molecule has 3 N–H and O–H groups in total. The minimum Gasteiger partial charge on any atom is -0.477 e. The van der Waals surface area contributed by atoms with Crippen LogP contribution >= 0.6 is 0 Å². The number of aliphatic imine (C=N–C) groups is 1. The Morgan fingerprint density at radius 2 is 1.44 bits per heavy atom. The second-order valence-electron chi connectivity index (χ2n) is 9.46. The molecule has 2 unspecified atom stereocenters. The van der Waals surface area contributed by atoms with Crippen molar-refractivity contribution in [2.45, 2.75) is 129 Å². The minimum absolute atomic E-state index is 0.0398. The van der Waals surface area contributed by atoms with Crippen LogP contribution in [0.4, 0.5) is 0 Å². The maximum atomic E-state index is 11.3. The molecule has 0 spiro atoms. The fourth-order valence-electron chi connectivity index (χ4n) is 4.48. The molecular formula is C27H50N3O2+. The lowest BCUT2D eigenvalue weighted by atomic mass is 10.0. The number of aliphatic carboxylic acids is 1. The van der Waals surface area contributed by atoms with Gasteiger partial charge in [-0.2, -0.15) is 0 Å². The third kappa shape index (κ3) is 12.0. The van der Waals surface area contributed by atoms with Gasteiger partial charge >= 0.3 is 5.97 Å². The minimum atomic E-state index is -0.848. The average molecular weight is 449 g/mol. The van der Waals surface area contributed by atoms with Crippen molar-refractivity contribution in [2.75, 3.05) is 6.54 Å². The van der Waals surface area contributed by atoms with Gasteiger partial charge in [0.05, 0.1) is 6.20 Å². The monoisotopic (exact) mass is 448 g/mol. The van der Waals surface area contributed by atoms with Gasteiger partial charge in [0.2, 0.25) is 5.84 Å². The van der Waals surface area contributed by atoms with Crippen LogP contribution in [0, 0.1) is 0 Å². The number of nitrogens with two attached hydrogens (primary N) is 1. The van der Waals surface area contributed by atoms with Gasteiger partial charge in [0.15, 0.2) is 6.54 Å². The lowest BCUT2D eigenvalue weighted by Crippen LogP contribution is -2.59. The lowest BCUT2D eigenvalue weighted by molar-refractivity contribution is -0.805. The molecule has 0 bridgehead atoms. The Morgan fingerprint density at radius 3 is 1.94 bits per heavy atom. The van der Waals surface area contributed by atoms with E-state index in [9.17, 15) is 9.90 Å². The second kappa shape index (κ2) is 18.0. The highest BCUT2D eigenvalue weighted by Gasteiger charge is 2.40. The van der Waals surface area contributed by atoms with E-state index < -0.39 is 5.97 Å². The van der Waals surface area contributed by atoms with Crippen molar-refractivity contribution in [3.8, 4) is 0 Å². The summed E-state index contributed by atoms with van der Waals surface area (Å²) in [7, 11) is 0. The molecule has 1 heterocycles. The van der Waals surface area contributed by atoms with Gasteiger partial charge in [0.1, 0.15) is 12.4 Å². The predicted octanol–water partition coefficient (Wildman–Crippen LogP) is 7.28. The lowest BCUT2D eigenvalue weighted by Gasteiger charge is -2.34. The van der Waals surface area contributed by atoms with Crippen molar-refractivity contribution < 1.29 is 14.4 Å². The van der Waals surface area contributed by atoms with E-state index >= 15 is 0 Å². The van der Waals surface area contributed by atoms with E-state index in [4.69, 9.17) is 5.73 Å². The van der Waals surface area contributed by atoms with Crippen LogP contribution in [-0.4, -0.2) is 34.1 Å². The molecule has 0 aromatic carbocycles. The molecule has 0 fully saturated rings. The van der Waals surface area contributed by atoms with E-state index in [-0.39, 0.29) is 17.2 Å². The van der Waals surface area contributed by atoms with Crippen molar-refractivity contribution in [1.82, 2.24) is 0 Å². The summed E-state index contributed by atoms with van der Waals surface area (Å²) in [5.41, 5.74) is 6.10. The molecule has 5 nitrogen and oxygen atoms in total. The normalized spacial score (nSPS) is 19.0. The first-order chi connectivity index (χ1) is 15.5. The highest BCUT2D eigenvalue weighted by molar-refractivity contribution is 5.81. The fourth-order valence-corrected chi connectivity index (χ4v) is 4.48. The summed E-state index contributed by atoms with van der Waals surface area (Å²) >= 11 is 0. The highest BCUT2D eigenvalue weighted by atomic mass is 16.4. The number of hydrogen-bond donors (Lipinski definition) is 2. The summed E-state index contributed by atoms with van der Waals surface area (Å²) in [6.45, 7) is 4.09. The van der Waals surface area contributed by atoms with E-state index in [1.54, 1.807) is 6.20 Å². The standard InChI is InChI=1S/C27H49N3O2/c1-3-4-5-6-7-8-9-10-11-12-13-14-15-16-17-18-19-20-21-26-29-22-23-30(26,25(2)28)24-27(31)32/h17-18,22-23,25H,3-16,19-21,24,28H2,1-2H3/p+1/b18-17+. The van der Waals surface area contributed by atoms with E-state index in [2.05, 4.69) is 24.1 Å². The first-order valence-electron chi connectivity index (χ1n) is 13.3. The predicted molar refractivity (Wildman–Crippen MR) is 136 cm³/mol. The summed E-state index contributed by atoms with van der Waals surface area (Å²) in [6.07, 6.45) is 29.8. The van der Waals surface area contributed by atoms with E-state index in [1.807, 2.05) is 13.1 Å². The topological polar surface area (TPSA) is 75.7 Å². The summed E-state index contributed by atoms with van der Waals surface area (Å²) in [4.78, 5) is 15.7. The van der Waals surface area contributed by atoms with Crippen LogP contribution in [0.2, 0.25) is 0 Å². The Labute approximate surface area is 197 Å². The average Bonchev–Trinajstić information content (AvgIpc) is 3.16. The van der Waals surface area contributed by atoms with Gasteiger partial charge < -0.3 is 5.11 Å². The van der Waals surface area contributed by atoms with Crippen LogP contribution in [0.1, 0.15) is 123 Å². The number of carbonyl (C=O) groups is 1. The molecule has 1 aliphatic rings. The largest absolute Gasteiger partial charge is 0.477 e. The number of hydrogen-bond acceptors (Lipinski definition) is 3. The van der Waals surface area contributed by atoms with Gasteiger partial charge in [-0.05, 0) is 25.7 Å². The van der Waals surface area contributed by atoms with Gasteiger partial charge in [-0.3, -0.25) is 5.73 Å². The Morgan fingerprint density at radius 1 is 0.938 bits per heavy atom. The van der Waals surface area contributed by atoms with E-state index in [1.165, 1.54) is 89.9 Å². The van der Waals surface area contributed by atoms with Crippen LogP contribution in [-0.2, 0) is 4.79 Å². The molecule has 0 saturated heterocycles. The van der Waals surface area contributed by atoms with Crippen LogP contribution in [0.5, 0.6) is 0 Å². The van der Waals surface area contributed by atoms with Crippen LogP contribution < -0.4 is 5.73 Å². The van der Waals surface area contributed by atoms with Gasteiger partial charge in [0, 0.05) is 13.3 Å². The molecule has 1 aliphatic heterocycles. The molecule has 32 heavy (non-hydrogen) atoms. The maximum Gasteiger partial charge on any atom is 0.360 e. The molecule has 1 rings (SSSR count). The molecule has 184 valence electrons. The molecule has 0 aromatic heterocycles. The SMILES string of the molecule is CCCCCCCCCCCCCCC/C=C/CCCC1=NC=C[N+]1(CC(=O)O)C(C)N. The molecule has 0 saturated carbocycles. The first kappa shape index (κ1) is 28.6. The summed E-state index contributed by atoms with van der Waals surface area (Å²) in [5, 5.41) is 9.26. The fraction of sp³-hybridized carbons (Fsp3) is 0.778. The van der Waals surface area contributed by atoms with Gasteiger partial charge in [0.25, 0.3) is 0 Å². The Kier molecular flexibility index (Phi) is 16.1. The van der Waals surface area contributed by atoms with Crippen molar-refractivity contribution in [3.63, 3.8) is 0 Å². The quantitative estimate of drug-likeness (QED) is 0.110. The summed E-state index contributed by atoms with van der Waals surface area (Å²) in [6, 6.07) is 0. The highest BCUT2D eigenvalue weighted by Crippen LogP contribution is 2.23. The number of carboxylic acid groups (broad SMARTS) is 1. The summed E-state index contributed by atoms with van der Waals surface area (Å²) < 4.78 is 0.151. The van der Waals surface area contributed by atoms with Crippen LogP contribution in [0.3, 0.4) is 0 Å². The Balaban J connectivity index is 1.98. The van der Waals surface area contributed by atoms with E-state index in [0.29, 0.717) is 0 Å². The van der Waals surface area contributed by atoms with Crippen LogP contribution in [0.25, 0.3) is 0 Å². The molecule has 5 heteroatoms. The van der Waals surface area contributed by atoms with Crippen LogP contribution in [0.15, 0.2) is 29.5 Å². The zero-order valence-corrected chi connectivity index (χ0v) is 20.9. The number of unbranched alkanes of at least 4 members (excludes halogenated alkanes) is 14. The first-order valence-corrected chi connectivity index (χ1v) is 13.3.